The van der Waals surface area contributed by atoms with E-state index in [0.29, 0.717) is 5.95 Å². The molecule has 2 aliphatic rings. The van der Waals surface area contributed by atoms with E-state index in [1.54, 1.807) is 6.07 Å². The van der Waals surface area contributed by atoms with Gasteiger partial charge in [-0.3, -0.25) is 10.1 Å². The second-order valence-electron chi connectivity index (χ2n) is 6.67. The van der Waals surface area contributed by atoms with Crippen molar-refractivity contribution in [1.29, 1.82) is 0 Å². The monoisotopic (exact) mass is 370 g/mol. The number of fused-ring (bicyclic) bond motifs is 1. The van der Waals surface area contributed by atoms with Crippen molar-refractivity contribution < 1.29 is 9.31 Å². The first kappa shape index (κ1) is 17.2. The fraction of sp³-hybridized carbons (Fsp3) is 0.333. The Labute approximate surface area is 155 Å². The van der Waals surface area contributed by atoms with Crippen molar-refractivity contribution in [3.63, 3.8) is 0 Å². The van der Waals surface area contributed by atoms with Crippen LogP contribution in [0.2, 0.25) is 0 Å². The number of benzene rings is 1. The highest BCUT2D eigenvalue weighted by atomic mass is 19.1. The van der Waals surface area contributed by atoms with E-state index in [4.69, 9.17) is 0 Å². The number of nitro groups is 1. The third-order valence-corrected chi connectivity index (χ3v) is 5.02. The molecule has 1 saturated heterocycles. The first-order valence-electron chi connectivity index (χ1n) is 8.73. The Morgan fingerprint density at radius 3 is 2.52 bits per heavy atom. The van der Waals surface area contributed by atoms with Gasteiger partial charge < -0.3 is 14.7 Å². The Hall–Kier alpha value is -3.23. The summed E-state index contributed by atoms with van der Waals surface area (Å²) in [5, 5.41) is 10.7. The molecule has 3 heterocycles. The summed E-state index contributed by atoms with van der Waals surface area (Å²) in [4.78, 5) is 24.6. The largest absolute Gasteiger partial charge is 0.348 e. The topological polar surface area (TPSA) is 78.6 Å². The maximum absolute atomic E-state index is 13.6. The molecule has 0 bridgehead atoms. The van der Waals surface area contributed by atoms with Gasteiger partial charge in [-0.1, -0.05) is 0 Å². The van der Waals surface area contributed by atoms with Gasteiger partial charge in [0.1, 0.15) is 18.2 Å². The average Bonchev–Trinajstić information content (AvgIpc) is 2.69. The van der Waals surface area contributed by atoms with Gasteiger partial charge in [-0.05, 0) is 31.0 Å². The van der Waals surface area contributed by atoms with Gasteiger partial charge >= 0.3 is 5.69 Å². The van der Waals surface area contributed by atoms with Crippen LogP contribution in [0.15, 0.2) is 43.0 Å². The van der Waals surface area contributed by atoms with Crippen molar-refractivity contribution in [1.82, 2.24) is 9.97 Å². The van der Waals surface area contributed by atoms with E-state index in [-0.39, 0.29) is 17.5 Å². The summed E-state index contributed by atoms with van der Waals surface area (Å²) in [6, 6.07) is 5.13. The van der Waals surface area contributed by atoms with Gasteiger partial charge in [0.05, 0.1) is 16.3 Å². The Balaban J connectivity index is 1.47. The lowest BCUT2D eigenvalue weighted by molar-refractivity contribution is -0.385. The Morgan fingerprint density at radius 2 is 1.85 bits per heavy atom. The number of halogens is 1. The summed E-state index contributed by atoms with van der Waals surface area (Å²) in [5.74, 6) is 0.261. The standard InChI is InChI=1S/C18H19FN6O2/c1-22-8-9-24(16-3-2-13(19)10-17(16)22)14-4-6-23(7-5-14)18-20-11-15(12-21-18)25(26)27/h2-3,8-12,14H,4-7H2,1H3. The normalized spacial score (nSPS) is 17.2. The fourth-order valence-corrected chi connectivity index (χ4v) is 3.56. The van der Waals surface area contributed by atoms with Crippen molar-refractivity contribution in [3.05, 3.63) is 58.9 Å². The first-order valence-corrected chi connectivity index (χ1v) is 8.73. The number of nitrogens with zero attached hydrogens (tertiary/aromatic N) is 6. The molecule has 0 atom stereocenters. The number of piperidine rings is 1. The van der Waals surface area contributed by atoms with E-state index in [1.165, 1.54) is 18.5 Å². The zero-order valence-electron chi connectivity index (χ0n) is 14.8. The van der Waals surface area contributed by atoms with Crippen LogP contribution < -0.4 is 14.7 Å². The van der Waals surface area contributed by atoms with E-state index in [1.807, 2.05) is 35.3 Å². The molecule has 1 aromatic carbocycles. The molecule has 2 aromatic rings. The second-order valence-corrected chi connectivity index (χ2v) is 6.67. The molecule has 0 aliphatic carbocycles. The minimum Gasteiger partial charge on any atom is -0.348 e. The van der Waals surface area contributed by atoms with Gasteiger partial charge in [0.2, 0.25) is 5.95 Å². The minimum absolute atomic E-state index is 0.111. The maximum atomic E-state index is 13.6. The highest BCUT2D eigenvalue weighted by Crippen LogP contribution is 2.36. The van der Waals surface area contributed by atoms with Crippen LogP contribution in [-0.4, -0.2) is 41.1 Å². The van der Waals surface area contributed by atoms with E-state index in [0.717, 1.165) is 37.3 Å². The minimum atomic E-state index is -0.504. The highest BCUT2D eigenvalue weighted by molar-refractivity contribution is 5.76. The summed E-state index contributed by atoms with van der Waals surface area (Å²) < 4.78 is 13.6. The van der Waals surface area contributed by atoms with Gasteiger partial charge in [-0.2, -0.15) is 0 Å². The summed E-state index contributed by atoms with van der Waals surface area (Å²) in [6.07, 6.45) is 8.21. The predicted octanol–water partition coefficient (Wildman–Crippen LogP) is 2.92. The van der Waals surface area contributed by atoms with Crippen LogP contribution in [0.3, 0.4) is 0 Å². The van der Waals surface area contributed by atoms with E-state index < -0.39 is 4.92 Å². The summed E-state index contributed by atoms with van der Waals surface area (Å²) in [5.41, 5.74) is 1.73. The zero-order valence-corrected chi connectivity index (χ0v) is 14.8. The van der Waals surface area contributed by atoms with Gasteiger partial charge in [0.25, 0.3) is 0 Å². The van der Waals surface area contributed by atoms with Crippen molar-refractivity contribution in [3.8, 4) is 0 Å². The molecule has 4 rings (SSSR count). The number of hydrogen-bond acceptors (Lipinski definition) is 7. The van der Waals surface area contributed by atoms with Crippen molar-refractivity contribution in [2.45, 2.75) is 18.9 Å². The molecule has 8 nitrogen and oxygen atoms in total. The molecule has 140 valence electrons. The van der Waals surface area contributed by atoms with Crippen LogP contribution in [0.1, 0.15) is 12.8 Å². The molecule has 0 amide bonds. The van der Waals surface area contributed by atoms with Gasteiger partial charge in [-0.25, -0.2) is 14.4 Å². The lowest BCUT2D eigenvalue weighted by Crippen LogP contribution is -2.44. The van der Waals surface area contributed by atoms with Crippen molar-refractivity contribution >= 4 is 23.0 Å². The van der Waals surface area contributed by atoms with Crippen molar-refractivity contribution in [2.24, 2.45) is 0 Å². The number of aromatic nitrogens is 2. The van der Waals surface area contributed by atoms with E-state index in [9.17, 15) is 14.5 Å². The molecule has 27 heavy (non-hydrogen) atoms. The molecule has 1 fully saturated rings. The van der Waals surface area contributed by atoms with Crippen molar-refractivity contribution in [2.75, 3.05) is 34.8 Å². The first-order chi connectivity index (χ1) is 13.0. The molecule has 0 unspecified atom stereocenters. The molecule has 1 aromatic heterocycles. The molecule has 0 N–H and O–H groups in total. The Kier molecular flexibility index (Phi) is 4.35. The summed E-state index contributed by atoms with van der Waals surface area (Å²) >= 11 is 0. The summed E-state index contributed by atoms with van der Waals surface area (Å²) in [6.45, 7) is 1.50. The average molecular weight is 370 g/mol. The van der Waals surface area contributed by atoms with E-state index >= 15 is 0 Å². The molecule has 0 radical (unpaired) electrons. The molecule has 0 saturated carbocycles. The molecular weight excluding hydrogens is 351 g/mol. The van der Waals surface area contributed by atoms with Crippen LogP contribution in [-0.2, 0) is 0 Å². The SMILES string of the molecule is CN1C=CN(C2CCN(c3ncc([N+](=O)[O-])cn3)CC2)c2ccc(F)cc21. The van der Waals surface area contributed by atoms with Gasteiger partial charge in [0, 0.05) is 38.6 Å². The number of anilines is 3. The zero-order chi connectivity index (χ0) is 19.0. The summed E-state index contributed by atoms with van der Waals surface area (Å²) in [7, 11) is 1.90. The van der Waals surface area contributed by atoms with Crippen LogP contribution in [0.25, 0.3) is 0 Å². The van der Waals surface area contributed by atoms with Crippen LogP contribution >= 0.6 is 0 Å². The van der Waals surface area contributed by atoms with Crippen LogP contribution in [0.4, 0.5) is 27.4 Å². The van der Waals surface area contributed by atoms with Crippen LogP contribution in [0.5, 0.6) is 0 Å². The third-order valence-electron chi connectivity index (χ3n) is 5.02. The number of rotatable bonds is 3. The molecule has 9 heteroatoms. The molecular formula is C18H19FN6O2. The predicted molar refractivity (Wildman–Crippen MR) is 100 cm³/mol. The second kappa shape index (κ2) is 6.82. The third kappa shape index (κ3) is 3.27. The quantitative estimate of drug-likeness (QED) is 0.607. The van der Waals surface area contributed by atoms with Crippen LogP contribution in [0, 0.1) is 15.9 Å². The fourth-order valence-electron chi connectivity index (χ4n) is 3.56. The van der Waals surface area contributed by atoms with E-state index in [2.05, 4.69) is 14.9 Å². The molecule has 0 spiro atoms. The lowest BCUT2D eigenvalue weighted by atomic mass is 10.0. The highest BCUT2D eigenvalue weighted by Gasteiger charge is 2.28. The Morgan fingerprint density at radius 1 is 1.15 bits per heavy atom. The molecule has 2 aliphatic heterocycles. The van der Waals surface area contributed by atoms with Gasteiger partial charge in [0.15, 0.2) is 0 Å². The maximum Gasteiger partial charge on any atom is 0.305 e. The van der Waals surface area contributed by atoms with Gasteiger partial charge in [-0.15, -0.1) is 0 Å². The Bertz CT molecular complexity index is 880. The number of hydrogen-bond donors (Lipinski definition) is 0. The smallest absolute Gasteiger partial charge is 0.305 e. The lowest BCUT2D eigenvalue weighted by Gasteiger charge is -2.41.